The first-order valence-electron chi connectivity index (χ1n) is 7.50. The monoisotopic (exact) mass is 314 g/mol. The summed E-state index contributed by atoms with van der Waals surface area (Å²) >= 11 is 5.45. The molecule has 0 bridgehead atoms. The Balaban J connectivity index is 2.15. The van der Waals surface area contributed by atoms with E-state index in [1.54, 1.807) is 7.11 Å². The SMILES string of the molecule is CCc1cccc(CC)c1NC(=S)Nc1cccc(OC)c1. The Morgan fingerprint density at radius 3 is 2.23 bits per heavy atom. The second-order valence-corrected chi connectivity index (χ2v) is 5.38. The van der Waals surface area contributed by atoms with Gasteiger partial charge in [0.25, 0.3) is 0 Å². The smallest absolute Gasteiger partial charge is 0.175 e. The minimum absolute atomic E-state index is 0.587. The van der Waals surface area contributed by atoms with Gasteiger partial charge >= 0.3 is 0 Å². The summed E-state index contributed by atoms with van der Waals surface area (Å²) < 4.78 is 5.22. The molecule has 2 aromatic rings. The molecule has 0 amide bonds. The van der Waals surface area contributed by atoms with Crippen molar-refractivity contribution < 1.29 is 4.74 Å². The lowest BCUT2D eigenvalue weighted by Gasteiger charge is -2.17. The van der Waals surface area contributed by atoms with Gasteiger partial charge in [0.1, 0.15) is 5.75 Å². The number of ether oxygens (including phenoxy) is 1. The van der Waals surface area contributed by atoms with Gasteiger partial charge in [-0.1, -0.05) is 38.1 Å². The molecule has 0 atom stereocenters. The van der Waals surface area contributed by atoms with Gasteiger partial charge in [-0.05, 0) is 48.3 Å². The van der Waals surface area contributed by atoms with E-state index in [4.69, 9.17) is 17.0 Å². The van der Waals surface area contributed by atoms with Gasteiger partial charge in [0.05, 0.1) is 7.11 Å². The molecule has 0 saturated heterocycles. The molecule has 0 unspecified atom stereocenters. The largest absolute Gasteiger partial charge is 0.497 e. The Labute approximate surface area is 137 Å². The lowest BCUT2D eigenvalue weighted by atomic mass is 10.0. The first kappa shape index (κ1) is 16.3. The average Bonchev–Trinajstić information content (AvgIpc) is 2.55. The molecule has 0 aliphatic rings. The van der Waals surface area contributed by atoms with Crippen LogP contribution < -0.4 is 15.4 Å². The van der Waals surface area contributed by atoms with Crippen molar-refractivity contribution in [3.05, 3.63) is 53.6 Å². The van der Waals surface area contributed by atoms with E-state index in [9.17, 15) is 0 Å². The fraction of sp³-hybridized carbons (Fsp3) is 0.278. The normalized spacial score (nSPS) is 10.1. The predicted octanol–water partition coefficient (Wildman–Crippen LogP) is 4.63. The van der Waals surface area contributed by atoms with E-state index < -0.39 is 0 Å². The van der Waals surface area contributed by atoms with Crippen LogP contribution in [0.15, 0.2) is 42.5 Å². The molecule has 4 heteroatoms. The highest BCUT2D eigenvalue weighted by molar-refractivity contribution is 7.80. The Morgan fingerprint density at radius 2 is 1.64 bits per heavy atom. The molecule has 2 N–H and O–H groups in total. The van der Waals surface area contributed by atoms with E-state index in [0.29, 0.717) is 5.11 Å². The first-order valence-corrected chi connectivity index (χ1v) is 7.91. The fourth-order valence-corrected chi connectivity index (χ4v) is 2.60. The van der Waals surface area contributed by atoms with Crippen LogP contribution in [0.25, 0.3) is 0 Å². The number of para-hydroxylation sites is 1. The third-order valence-electron chi connectivity index (χ3n) is 3.56. The van der Waals surface area contributed by atoms with Crippen LogP contribution in [0, 0.1) is 0 Å². The van der Waals surface area contributed by atoms with Crippen molar-refractivity contribution in [1.29, 1.82) is 0 Å². The quantitative estimate of drug-likeness (QED) is 0.788. The number of anilines is 2. The molecule has 0 spiro atoms. The van der Waals surface area contributed by atoms with Crippen molar-refractivity contribution in [3.63, 3.8) is 0 Å². The Kier molecular flexibility index (Phi) is 5.78. The van der Waals surface area contributed by atoms with Crippen LogP contribution in [0.4, 0.5) is 11.4 Å². The highest BCUT2D eigenvalue weighted by atomic mass is 32.1. The zero-order valence-corrected chi connectivity index (χ0v) is 14.1. The van der Waals surface area contributed by atoms with Crippen LogP contribution in [0.1, 0.15) is 25.0 Å². The molecule has 0 aliphatic heterocycles. The lowest BCUT2D eigenvalue weighted by Crippen LogP contribution is -2.20. The summed E-state index contributed by atoms with van der Waals surface area (Å²) in [5, 5.41) is 7.14. The minimum atomic E-state index is 0.587. The third kappa shape index (κ3) is 3.98. The zero-order valence-electron chi connectivity index (χ0n) is 13.3. The molecular weight excluding hydrogens is 292 g/mol. The van der Waals surface area contributed by atoms with Gasteiger partial charge in [-0.3, -0.25) is 0 Å². The van der Waals surface area contributed by atoms with Gasteiger partial charge in [0, 0.05) is 17.4 Å². The molecule has 3 nitrogen and oxygen atoms in total. The number of rotatable bonds is 5. The van der Waals surface area contributed by atoms with E-state index in [1.807, 2.05) is 24.3 Å². The van der Waals surface area contributed by atoms with E-state index in [-0.39, 0.29) is 0 Å². The molecule has 0 aliphatic carbocycles. The fourth-order valence-electron chi connectivity index (χ4n) is 2.38. The van der Waals surface area contributed by atoms with E-state index in [1.165, 1.54) is 11.1 Å². The van der Waals surface area contributed by atoms with Crippen molar-refractivity contribution in [3.8, 4) is 5.75 Å². The zero-order chi connectivity index (χ0) is 15.9. The summed E-state index contributed by atoms with van der Waals surface area (Å²) in [6.07, 6.45) is 1.94. The molecule has 0 saturated carbocycles. The van der Waals surface area contributed by atoms with Crippen LogP contribution in [0.2, 0.25) is 0 Å². The molecule has 0 heterocycles. The average molecular weight is 314 g/mol. The van der Waals surface area contributed by atoms with Crippen LogP contribution in [-0.2, 0) is 12.8 Å². The number of methoxy groups -OCH3 is 1. The number of aryl methyl sites for hydroxylation is 2. The molecule has 0 aromatic heterocycles. The molecule has 2 rings (SSSR count). The molecule has 0 radical (unpaired) electrons. The maximum atomic E-state index is 5.45. The first-order chi connectivity index (χ1) is 10.7. The molecule has 2 aromatic carbocycles. The number of nitrogens with one attached hydrogen (secondary N) is 2. The van der Waals surface area contributed by atoms with Gasteiger partial charge in [-0.15, -0.1) is 0 Å². The maximum Gasteiger partial charge on any atom is 0.175 e. The lowest BCUT2D eigenvalue weighted by molar-refractivity contribution is 0.415. The van der Waals surface area contributed by atoms with E-state index in [2.05, 4.69) is 42.7 Å². The van der Waals surface area contributed by atoms with Crippen molar-refractivity contribution >= 4 is 28.7 Å². The van der Waals surface area contributed by atoms with Gasteiger partial charge < -0.3 is 15.4 Å². The summed E-state index contributed by atoms with van der Waals surface area (Å²) in [6.45, 7) is 4.30. The summed E-state index contributed by atoms with van der Waals surface area (Å²) in [5.74, 6) is 0.802. The summed E-state index contributed by atoms with van der Waals surface area (Å²) in [4.78, 5) is 0. The molecule has 22 heavy (non-hydrogen) atoms. The number of hydrogen-bond donors (Lipinski definition) is 2. The number of thiocarbonyl (C=S) groups is 1. The van der Waals surface area contributed by atoms with Gasteiger partial charge in [-0.2, -0.15) is 0 Å². The Morgan fingerprint density at radius 1 is 1.00 bits per heavy atom. The van der Waals surface area contributed by atoms with E-state index >= 15 is 0 Å². The summed E-state index contributed by atoms with van der Waals surface area (Å²) in [7, 11) is 1.65. The van der Waals surface area contributed by atoms with Crippen LogP contribution >= 0.6 is 12.2 Å². The molecule has 116 valence electrons. The van der Waals surface area contributed by atoms with Crippen LogP contribution in [0.3, 0.4) is 0 Å². The second-order valence-electron chi connectivity index (χ2n) is 4.97. The van der Waals surface area contributed by atoms with Crippen molar-refractivity contribution in [2.75, 3.05) is 17.7 Å². The number of benzene rings is 2. The standard InChI is InChI=1S/C18H22N2OS/c1-4-13-8-6-9-14(5-2)17(13)20-18(22)19-15-10-7-11-16(12-15)21-3/h6-12H,4-5H2,1-3H3,(H2,19,20,22). The minimum Gasteiger partial charge on any atom is -0.497 e. The van der Waals surface area contributed by atoms with Gasteiger partial charge in [-0.25, -0.2) is 0 Å². The third-order valence-corrected chi connectivity index (χ3v) is 3.77. The van der Waals surface area contributed by atoms with Crippen molar-refractivity contribution in [1.82, 2.24) is 0 Å². The van der Waals surface area contributed by atoms with Crippen LogP contribution in [0.5, 0.6) is 5.75 Å². The summed E-state index contributed by atoms with van der Waals surface area (Å²) in [5.41, 5.74) is 4.57. The maximum absolute atomic E-state index is 5.45. The highest BCUT2D eigenvalue weighted by Crippen LogP contribution is 2.23. The van der Waals surface area contributed by atoms with Crippen molar-refractivity contribution in [2.24, 2.45) is 0 Å². The number of hydrogen-bond acceptors (Lipinski definition) is 2. The van der Waals surface area contributed by atoms with Gasteiger partial charge in [0.15, 0.2) is 5.11 Å². The van der Waals surface area contributed by atoms with Gasteiger partial charge in [0.2, 0.25) is 0 Å². The second kappa shape index (κ2) is 7.80. The molecule has 0 fully saturated rings. The Bertz CT molecular complexity index is 633. The van der Waals surface area contributed by atoms with Crippen LogP contribution in [-0.4, -0.2) is 12.2 Å². The Hall–Kier alpha value is -2.07. The molecular formula is C18H22N2OS. The predicted molar refractivity (Wildman–Crippen MR) is 98.0 cm³/mol. The van der Waals surface area contributed by atoms with Crippen molar-refractivity contribution in [2.45, 2.75) is 26.7 Å². The summed E-state index contributed by atoms with van der Waals surface area (Å²) in [6, 6.07) is 14.1. The van der Waals surface area contributed by atoms with E-state index in [0.717, 1.165) is 30.0 Å². The topological polar surface area (TPSA) is 33.3 Å². The highest BCUT2D eigenvalue weighted by Gasteiger charge is 2.08.